The van der Waals surface area contributed by atoms with Gasteiger partial charge in [0.25, 0.3) is 0 Å². The van der Waals surface area contributed by atoms with Gasteiger partial charge in [-0.25, -0.2) is 0 Å². The highest BCUT2D eigenvalue weighted by Gasteiger charge is 2.18. The quantitative estimate of drug-likeness (QED) is 0.758. The molecule has 6 nitrogen and oxygen atoms in total. The van der Waals surface area contributed by atoms with Crippen LogP contribution < -0.4 is 5.73 Å². The Morgan fingerprint density at radius 2 is 2.00 bits per heavy atom. The molecule has 1 aromatic carbocycles. The van der Waals surface area contributed by atoms with Crippen LogP contribution in [0.5, 0.6) is 0 Å². The van der Waals surface area contributed by atoms with E-state index in [1.807, 2.05) is 24.3 Å². The fourth-order valence-electron chi connectivity index (χ4n) is 1.69. The third kappa shape index (κ3) is 1.78. The van der Waals surface area contributed by atoms with Crippen molar-refractivity contribution in [3.63, 3.8) is 0 Å². The minimum Gasteiger partial charge on any atom is -0.367 e. The molecule has 90 valence electrons. The molecule has 0 aliphatic carbocycles. The highest BCUT2D eigenvalue weighted by Crippen LogP contribution is 2.35. The number of aromatic amines is 1. The third-order valence-electron chi connectivity index (χ3n) is 2.51. The van der Waals surface area contributed by atoms with Crippen molar-refractivity contribution in [2.45, 2.75) is 0 Å². The number of nitrogens with two attached hydrogens (primary N) is 1. The van der Waals surface area contributed by atoms with Crippen molar-refractivity contribution in [2.24, 2.45) is 0 Å². The summed E-state index contributed by atoms with van der Waals surface area (Å²) < 4.78 is 6.03. The Labute approximate surface area is 110 Å². The average molecular weight is 306 g/mol. The second-order valence-electron chi connectivity index (χ2n) is 3.63. The smallest absolute Gasteiger partial charge is 0.230 e. The first-order valence-corrected chi connectivity index (χ1v) is 5.92. The number of nitrogens with one attached hydrogen (secondary N) is 1. The third-order valence-corrected chi connectivity index (χ3v) is 3.04. The van der Waals surface area contributed by atoms with Crippen LogP contribution in [-0.2, 0) is 0 Å². The zero-order valence-corrected chi connectivity index (χ0v) is 10.7. The highest BCUT2D eigenvalue weighted by atomic mass is 79.9. The van der Waals surface area contributed by atoms with Crippen molar-refractivity contribution < 1.29 is 4.52 Å². The van der Waals surface area contributed by atoms with Gasteiger partial charge in [0.1, 0.15) is 11.4 Å². The number of benzene rings is 1. The minimum absolute atomic E-state index is 0.260. The maximum atomic E-state index is 5.82. The molecule has 0 atom stereocenters. The molecule has 2 heterocycles. The van der Waals surface area contributed by atoms with Gasteiger partial charge in [0, 0.05) is 4.47 Å². The summed E-state index contributed by atoms with van der Waals surface area (Å²) in [5.74, 6) is 0.260. The van der Waals surface area contributed by atoms with Crippen molar-refractivity contribution >= 4 is 21.8 Å². The van der Waals surface area contributed by atoms with E-state index in [0.717, 1.165) is 15.6 Å². The molecule has 3 aromatic rings. The number of nitrogens with zero attached hydrogens (tertiary/aromatic N) is 3. The van der Waals surface area contributed by atoms with Crippen molar-refractivity contribution in [1.29, 1.82) is 0 Å². The first-order valence-electron chi connectivity index (χ1n) is 5.13. The maximum absolute atomic E-state index is 5.82. The Balaban J connectivity index is 2.17. The normalized spacial score (nSPS) is 10.7. The van der Waals surface area contributed by atoms with E-state index in [0.29, 0.717) is 11.4 Å². The molecule has 7 heteroatoms. The topological polar surface area (TPSA) is 93.6 Å². The standard InChI is InChI=1S/C11H8BrN5O/c12-7-3-1-6(2-4-7)9-10(16-18-11(9)13)8-5-14-17-15-8/h1-5H,13H2,(H,14,15,17). The van der Waals surface area contributed by atoms with Crippen molar-refractivity contribution in [3.05, 3.63) is 34.9 Å². The Kier molecular flexibility index (Phi) is 2.60. The van der Waals surface area contributed by atoms with Gasteiger partial charge in [0.15, 0.2) is 0 Å². The molecule has 0 aliphatic rings. The number of hydrogen-bond donors (Lipinski definition) is 2. The van der Waals surface area contributed by atoms with Crippen LogP contribution in [0.2, 0.25) is 0 Å². The van der Waals surface area contributed by atoms with Crippen LogP contribution in [0.3, 0.4) is 0 Å². The van der Waals surface area contributed by atoms with E-state index in [4.69, 9.17) is 10.3 Å². The summed E-state index contributed by atoms with van der Waals surface area (Å²) in [5.41, 5.74) is 8.61. The molecular weight excluding hydrogens is 298 g/mol. The Bertz CT molecular complexity index is 659. The van der Waals surface area contributed by atoms with Crippen molar-refractivity contribution in [1.82, 2.24) is 20.6 Å². The predicted octanol–water partition coefficient (Wildman–Crippen LogP) is 2.47. The molecule has 3 rings (SSSR count). The van der Waals surface area contributed by atoms with Gasteiger partial charge >= 0.3 is 0 Å². The molecule has 18 heavy (non-hydrogen) atoms. The Morgan fingerprint density at radius 3 is 2.67 bits per heavy atom. The molecule has 0 bridgehead atoms. The van der Waals surface area contributed by atoms with E-state index in [9.17, 15) is 0 Å². The maximum Gasteiger partial charge on any atom is 0.230 e. The van der Waals surface area contributed by atoms with Crippen LogP contribution in [0.1, 0.15) is 0 Å². The number of nitrogen functional groups attached to an aromatic ring is 1. The van der Waals surface area contributed by atoms with E-state index >= 15 is 0 Å². The van der Waals surface area contributed by atoms with Gasteiger partial charge in [-0.05, 0) is 17.7 Å². The van der Waals surface area contributed by atoms with E-state index in [2.05, 4.69) is 36.5 Å². The van der Waals surface area contributed by atoms with Crippen LogP contribution >= 0.6 is 15.9 Å². The molecule has 0 radical (unpaired) electrons. The van der Waals surface area contributed by atoms with Crippen LogP contribution in [0.4, 0.5) is 5.88 Å². The Morgan fingerprint density at radius 1 is 1.22 bits per heavy atom. The second-order valence-corrected chi connectivity index (χ2v) is 4.55. The van der Waals surface area contributed by atoms with Gasteiger partial charge in [0.2, 0.25) is 5.88 Å². The SMILES string of the molecule is Nc1onc(-c2cn[nH]n2)c1-c1ccc(Br)cc1. The van der Waals surface area contributed by atoms with Crippen molar-refractivity contribution in [3.8, 4) is 22.5 Å². The first kappa shape index (κ1) is 11.0. The lowest BCUT2D eigenvalue weighted by Crippen LogP contribution is -1.88. The van der Waals surface area contributed by atoms with Gasteiger partial charge in [0.05, 0.1) is 11.8 Å². The zero-order chi connectivity index (χ0) is 12.5. The number of rotatable bonds is 2. The molecule has 0 amide bonds. The van der Waals surface area contributed by atoms with Gasteiger partial charge < -0.3 is 10.3 Å². The zero-order valence-electron chi connectivity index (χ0n) is 9.09. The molecule has 3 N–H and O–H groups in total. The second kappa shape index (κ2) is 4.26. The van der Waals surface area contributed by atoms with Gasteiger partial charge in [-0.2, -0.15) is 15.4 Å². The molecule has 0 fully saturated rings. The summed E-state index contributed by atoms with van der Waals surface area (Å²) in [4.78, 5) is 0. The van der Waals surface area contributed by atoms with E-state index < -0.39 is 0 Å². The first-order chi connectivity index (χ1) is 8.75. The summed E-state index contributed by atoms with van der Waals surface area (Å²) in [6.07, 6.45) is 1.57. The molecule has 0 spiro atoms. The van der Waals surface area contributed by atoms with Crippen LogP contribution in [0.15, 0.2) is 39.5 Å². The molecule has 0 unspecified atom stereocenters. The summed E-state index contributed by atoms with van der Waals surface area (Å²) in [7, 11) is 0. The number of H-pyrrole nitrogens is 1. The number of halogens is 1. The lowest BCUT2D eigenvalue weighted by atomic mass is 10.0. The largest absolute Gasteiger partial charge is 0.367 e. The minimum atomic E-state index is 0.260. The summed E-state index contributed by atoms with van der Waals surface area (Å²) >= 11 is 3.39. The average Bonchev–Trinajstić information content (AvgIpc) is 2.99. The van der Waals surface area contributed by atoms with E-state index in [-0.39, 0.29) is 5.88 Å². The monoisotopic (exact) mass is 305 g/mol. The van der Waals surface area contributed by atoms with Crippen LogP contribution in [0, 0.1) is 0 Å². The number of hydrogen-bond acceptors (Lipinski definition) is 5. The molecule has 0 saturated carbocycles. The van der Waals surface area contributed by atoms with E-state index in [1.54, 1.807) is 6.20 Å². The number of aromatic nitrogens is 4. The summed E-state index contributed by atoms with van der Waals surface area (Å²) in [6.45, 7) is 0. The fourth-order valence-corrected chi connectivity index (χ4v) is 1.95. The molecule has 0 aliphatic heterocycles. The summed E-state index contributed by atoms with van der Waals surface area (Å²) in [6, 6.07) is 7.70. The van der Waals surface area contributed by atoms with E-state index in [1.165, 1.54) is 0 Å². The fraction of sp³-hybridized carbons (Fsp3) is 0. The molecule has 2 aromatic heterocycles. The lowest BCUT2D eigenvalue weighted by molar-refractivity contribution is 0.439. The van der Waals surface area contributed by atoms with Gasteiger partial charge in [-0.1, -0.05) is 33.2 Å². The van der Waals surface area contributed by atoms with Crippen LogP contribution in [0.25, 0.3) is 22.5 Å². The lowest BCUT2D eigenvalue weighted by Gasteiger charge is -2.00. The van der Waals surface area contributed by atoms with Crippen LogP contribution in [-0.4, -0.2) is 20.6 Å². The molecular formula is C11H8BrN5O. The van der Waals surface area contributed by atoms with Crippen molar-refractivity contribution in [2.75, 3.05) is 5.73 Å². The Hall–Kier alpha value is -2.15. The predicted molar refractivity (Wildman–Crippen MR) is 69.4 cm³/mol. The highest BCUT2D eigenvalue weighted by molar-refractivity contribution is 9.10. The van der Waals surface area contributed by atoms with Gasteiger partial charge in [-0.3, -0.25) is 0 Å². The molecule has 0 saturated heterocycles. The summed E-state index contributed by atoms with van der Waals surface area (Å²) in [5, 5.41) is 14.2. The van der Waals surface area contributed by atoms with Gasteiger partial charge in [-0.15, -0.1) is 0 Å². The number of anilines is 1.